The van der Waals surface area contributed by atoms with E-state index in [1.807, 2.05) is 84.9 Å². The van der Waals surface area contributed by atoms with Crippen LogP contribution in [0.5, 0.6) is 0 Å². The molecule has 38 heavy (non-hydrogen) atoms. The maximum Gasteiger partial charge on any atom is 0.238 e. The molecule has 0 bridgehead atoms. The predicted octanol–water partition coefficient (Wildman–Crippen LogP) is 5.86. The Morgan fingerprint density at radius 2 is 1.63 bits per heavy atom. The molecule has 3 aliphatic heterocycles. The van der Waals surface area contributed by atoms with E-state index in [-0.39, 0.29) is 23.5 Å². The van der Waals surface area contributed by atoms with Gasteiger partial charge < -0.3 is 5.32 Å². The Morgan fingerprint density at radius 3 is 2.45 bits per heavy atom. The first-order valence-electron chi connectivity index (χ1n) is 13.1. The van der Waals surface area contributed by atoms with E-state index >= 15 is 0 Å². The number of amides is 1. The predicted molar refractivity (Wildman–Crippen MR) is 148 cm³/mol. The minimum atomic E-state index is -1.40. The molecule has 8 rings (SSSR count). The van der Waals surface area contributed by atoms with Crippen molar-refractivity contribution >= 4 is 49.9 Å². The van der Waals surface area contributed by atoms with Gasteiger partial charge in [0.15, 0.2) is 11.6 Å². The lowest BCUT2D eigenvalue weighted by molar-refractivity contribution is -0.124. The smallest absolute Gasteiger partial charge is 0.238 e. The van der Waals surface area contributed by atoms with Crippen LogP contribution in [-0.2, 0) is 15.7 Å². The van der Waals surface area contributed by atoms with E-state index in [4.69, 9.17) is 0 Å². The number of Topliss-reactive ketones (excluding diaryl/α,β-unsaturated/α-hetero) is 2. The molecule has 2 saturated heterocycles. The summed E-state index contributed by atoms with van der Waals surface area (Å²) in [6.07, 6.45) is 1.63. The van der Waals surface area contributed by atoms with Crippen molar-refractivity contribution < 1.29 is 14.4 Å². The summed E-state index contributed by atoms with van der Waals surface area (Å²) in [4.78, 5) is 46.5. The molecule has 1 N–H and O–H groups in total. The molecule has 0 radical (unpaired) electrons. The van der Waals surface area contributed by atoms with Crippen LogP contribution in [0.3, 0.4) is 0 Å². The number of ketones is 2. The lowest BCUT2D eigenvalue weighted by Gasteiger charge is -2.44. The minimum absolute atomic E-state index is 0.0749. The van der Waals surface area contributed by atoms with Gasteiger partial charge in [-0.05, 0) is 59.5 Å². The number of halogens is 1. The third-order valence-electron chi connectivity index (χ3n) is 9.39. The highest BCUT2D eigenvalue weighted by molar-refractivity contribution is 9.10. The Bertz CT molecular complexity index is 1730. The summed E-state index contributed by atoms with van der Waals surface area (Å²) in [7, 11) is 0. The van der Waals surface area contributed by atoms with Crippen molar-refractivity contribution in [2.24, 2.45) is 5.92 Å². The van der Waals surface area contributed by atoms with Gasteiger partial charge in [0.2, 0.25) is 5.91 Å². The van der Waals surface area contributed by atoms with Crippen molar-refractivity contribution in [2.45, 2.75) is 29.8 Å². The second-order valence-electron chi connectivity index (χ2n) is 10.8. The Balaban J connectivity index is 1.51. The molecule has 0 aromatic heterocycles. The Morgan fingerprint density at radius 1 is 0.895 bits per heavy atom. The summed E-state index contributed by atoms with van der Waals surface area (Å²) in [5.74, 6) is -1.15. The van der Waals surface area contributed by atoms with Gasteiger partial charge in [0.1, 0.15) is 11.0 Å². The maximum atomic E-state index is 15.0. The van der Waals surface area contributed by atoms with Crippen molar-refractivity contribution in [3.63, 3.8) is 0 Å². The summed E-state index contributed by atoms with van der Waals surface area (Å²) in [6, 6.07) is 26.5. The van der Waals surface area contributed by atoms with E-state index < -0.39 is 16.9 Å². The largest absolute Gasteiger partial charge is 0.325 e. The van der Waals surface area contributed by atoms with E-state index in [0.717, 1.165) is 39.2 Å². The fraction of sp³-hybridized carbons (Fsp3) is 0.219. The summed E-state index contributed by atoms with van der Waals surface area (Å²) >= 11 is 3.48. The molecule has 2 spiro atoms. The van der Waals surface area contributed by atoms with Crippen LogP contribution in [0.25, 0.3) is 10.8 Å². The average Bonchev–Trinajstić information content (AvgIpc) is 3.65. The van der Waals surface area contributed by atoms with Crippen LogP contribution < -0.4 is 5.32 Å². The molecule has 0 saturated carbocycles. The summed E-state index contributed by atoms with van der Waals surface area (Å²) in [6.45, 7) is 0.655. The standard InChI is InChI=1S/C32H23BrN2O3/c33-20-15-13-19(14-16-20)28(36)27-25-12-5-17-35(25)32(31(27)22-9-1-2-11-24(22)34-30(31)38)23-10-4-7-18-6-3-8-21(26(18)23)29(32)37/h1-4,6-11,13-16,25,27H,5,12,17H2,(H,34,38)/t25?,27-,31+,32+/m0/s1. The molecule has 1 aliphatic carbocycles. The van der Waals surface area contributed by atoms with E-state index in [1.54, 1.807) is 0 Å². The van der Waals surface area contributed by atoms with Crippen LogP contribution in [-0.4, -0.2) is 35.0 Å². The number of nitrogens with zero attached hydrogens (tertiary/aromatic N) is 1. The zero-order valence-electron chi connectivity index (χ0n) is 20.4. The van der Waals surface area contributed by atoms with Crippen LogP contribution in [0.2, 0.25) is 0 Å². The van der Waals surface area contributed by atoms with Gasteiger partial charge in [0.05, 0.1) is 5.92 Å². The number of carbonyl (C=O) groups excluding carboxylic acids is 3. The number of hydrogen-bond acceptors (Lipinski definition) is 4. The van der Waals surface area contributed by atoms with E-state index in [9.17, 15) is 14.4 Å². The first-order valence-corrected chi connectivity index (χ1v) is 13.8. The number of para-hydroxylation sites is 1. The van der Waals surface area contributed by atoms with Gasteiger partial charge in [-0.2, -0.15) is 0 Å². The molecular weight excluding hydrogens is 540 g/mol. The van der Waals surface area contributed by atoms with Gasteiger partial charge in [-0.15, -0.1) is 0 Å². The highest BCUT2D eigenvalue weighted by Crippen LogP contribution is 2.68. The normalized spacial score (nSPS) is 28.9. The fourth-order valence-electron chi connectivity index (χ4n) is 8.23. The number of rotatable bonds is 2. The average molecular weight is 563 g/mol. The minimum Gasteiger partial charge on any atom is -0.325 e. The number of fused-ring (bicyclic) bond motifs is 6. The van der Waals surface area contributed by atoms with E-state index in [1.165, 1.54) is 0 Å². The van der Waals surface area contributed by atoms with Gasteiger partial charge >= 0.3 is 0 Å². The van der Waals surface area contributed by atoms with Gasteiger partial charge in [-0.3, -0.25) is 19.3 Å². The second-order valence-corrected chi connectivity index (χ2v) is 11.7. The van der Waals surface area contributed by atoms with Crippen LogP contribution in [0.1, 0.15) is 44.7 Å². The van der Waals surface area contributed by atoms with E-state index in [0.29, 0.717) is 23.4 Å². The highest BCUT2D eigenvalue weighted by Gasteiger charge is 2.80. The van der Waals surface area contributed by atoms with E-state index in [2.05, 4.69) is 26.1 Å². The number of nitrogens with one attached hydrogen (secondary N) is 1. The lowest BCUT2D eigenvalue weighted by Crippen LogP contribution is -2.61. The zero-order chi connectivity index (χ0) is 25.8. The molecule has 3 heterocycles. The molecule has 4 aromatic rings. The van der Waals surface area contributed by atoms with Gasteiger partial charge in [-0.1, -0.05) is 82.7 Å². The molecule has 1 unspecified atom stereocenters. The third-order valence-corrected chi connectivity index (χ3v) is 9.92. The number of benzene rings is 4. The van der Waals surface area contributed by atoms with Crippen molar-refractivity contribution in [3.05, 3.63) is 112 Å². The second kappa shape index (κ2) is 7.49. The molecule has 2 fully saturated rings. The first-order chi connectivity index (χ1) is 18.5. The topological polar surface area (TPSA) is 66.5 Å². The summed E-state index contributed by atoms with van der Waals surface area (Å²) in [5.41, 5.74) is 0.764. The molecule has 5 nitrogen and oxygen atoms in total. The number of anilines is 1. The monoisotopic (exact) mass is 562 g/mol. The maximum absolute atomic E-state index is 15.0. The van der Waals surface area contributed by atoms with Crippen LogP contribution in [0.4, 0.5) is 5.69 Å². The molecule has 4 aliphatic rings. The number of carbonyl (C=O) groups is 3. The molecule has 6 heteroatoms. The Hall–Kier alpha value is -3.61. The summed E-state index contributed by atoms with van der Waals surface area (Å²) in [5, 5.41) is 5.00. The third kappa shape index (κ3) is 2.36. The van der Waals surface area contributed by atoms with Crippen LogP contribution >= 0.6 is 15.9 Å². The number of hydrogen-bond donors (Lipinski definition) is 1. The van der Waals surface area contributed by atoms with Crippen molar-refractivity contribution in [3.8, 4) is 0 Å². The van der Waals surface area contributed by atoms with Crippen LogP contribution in [0, 0.1) is 5.92 Å². The SMILES string of the molecule is O=C(c1ccc(Br)cc1)[C@@H]1C2CCCN2[C@]2(C(=O)c3cccc4cccc2c34)[C@@]12C(=O)Nc1ccccc12. The molecule has 4 aromatic carbocycles. The lowest BCUT2D eigenvalue weighted by atomic mass is 9.56. The molecular formula is C32H23BrN2O3. The van der Waals surface area contributed by atoms with Crippen molar-refractivity contribution in [1.82, 2.24) is 4.90 Å². The van der Waals surface area contributed by atoms with Crippen LogP contribution in [0.15, 0.2) is 89.4 Å². The highest BCUT2D eigenvalue weighted by atomic mass is 79.9. The molecule has 1 amide bonds. The molecule has 186 valence electrons. The Labute approximate surface area is 228 Å². The Kier molecular flexibility index (Phi) is 4.41. The quantitative estimate of drug-likeness (QED) is 0.311. The fourth-order valence-corrected chi connectivity index (χ4v) is 8.50. The zero-order valence-corrected chi connectivity index (χ0v) is 22.0. The van der Waals surface area contributed by atoms with Gasteiger partial charge in [0.25, 0.3) is 0 Å². The van der Waals surface area contributed by atoms with Gasteiger partial charge in [0, 0.05) is 27.3 Å². The van der Waals surface area contributed by atoms with Crippen molar-refractivity contribution in [1.29, 1.82) is 0 Å². The summed E-state index contributed by atoms with van der Waals surface area (Å²) < 4.78 is 0.881. The molecule has 4 atom stereocenters. The first kappa shape index (κ1) is 22.4. The van der Waals surface area contributed by atoms with Crippen molar-refractivity contribution in [2.75, 3.05) is 11.9 Å². The van der Waals surface area contributed by atoms with Gasteiger partial charge in [-0.25, -0.2) is 0 Å².